The molecule has 0 unspecified atom stereocenters. The lowest BCUT2D eigenvalue weighted by Gasteiger charge is -2.25. The number of nitrogens with zero attached hydrogens (tertiary/aromatic N) is 2. The number of hydrogen-bond acceptors (Lipinski definition) is 7. The van der Waals surface area contributed by atoms with E-state index in [1.54, 1.807) is 49.4 Å². The minimum atomic E-state index is -4.11. The van der Waals surface area contributed by atoms with Crippen LogP contribution in [0.15, 0.2) is 70.7 Å². The minimum Gasteiger partial charge on any atom is -0.504 e. The summed E-state index contributed by atoms with van der Waals surface area (Å²) in [6, 6.07) is 16.1. The fourth-order valence-electron chi connectivity index (χ4n) is 3.36. The van der Waals surface area contributed by atoms with E-state index in [4.69, 9.17) is 9.47 Å². The van der Waals surface area contributed by atoms with E-state index >= 15 is 0 Å². The quantitative estimate of drug-likeness (QED) is 0.316. The Hall–Kier alpha value is -4.05. The molecule has 36 heavy (non-hydrogen) atoms. The van der Waals surface area contributed by atoms with Gasteiger partial charge < -0.3 is 14.6 Å². The van der Waals surface area contributed by atoms with Crippen LogP contribution in [-0.4, -0.2) is 45.9 Å². The van der Waals surface area contributed by atoms with Crippen molar-refractivity contribution in [3.05, 3.63) is 77.4 Å². The van der Waals surface area contributed by atoms with E-state index in [1.165, 1.54) is 31.5 Å². The highest BCUT2D eigenvalue weighted by molar-refractivity contribution is 7.92. The molecule has 1 amide bonds. The number of benzene rings is 3. The third-order valence-corrected chi connectivity index (χ3v) is 6.96. The largest absolute Gasteiger partial charge is 0.504 e. The van der Waals surface area contributed by atoms with Crippen molar-refractivity contribution in [1.82, 2.24) is 5.43 Å². The molecule has 0 aromatic heterocycles. The van der Waals surface area contributed by atoms with Gasteiger partial charge in [0.25, 0.3) is 15.9 Å². The molecular formula is C26H29N3O6S. The first-order valence-corrected chi connectivity index (χ1v) is 12.6. The van der Waals surface area contributed by atoms with Crippen molar-refractivity contribution in [3.8, 4) is 17.2 Å². The normalized spacial score (nSPS) is 11.3. The summed E-state index contributed by atoms with van der Waals surface area (Å²) in [4.78, 5) is 12.9. The number of amides is 1. The third kappa shape index (κ3) is 6.33. The molecule has 0 aliphatic carbocycles. The highest BCUT2D eigenvalue weighted by Gasteiger charge is 2.29. The molecule has 190 valence electrons. The van der Waals surface area contributed by atoms with Crippen molar-refractivity contribution in [3.63, 3.8) is 0 Å². The summed E-state index contributed by atoms with van der Waals surface area (Å²) in [5.74, 6) is -0.0776. The fraction of sp³-hybridized carbons (Fsp3) is 0.231. The molecule has 0 saturated heterocycles. The fourth-order valence-corrected chi connectivity index (χ4v) is 4.78. The van der Waals surface area contributed by atoms with Crippen LogP contribution < -0.4 is 19.2 Å². The lowest BCUT2D eigenvalue weighted by Crippen LogP contribution is -2.39. The average molecular weight is 512 g/mol. The molecule has 0 radical (unpaired) electrons. The smallest absolute Gasteiger partial charge is 0.264 e. The number of carbonyl (C=O) groups excluding carboxylic acids is 1. The summed E-state index contributed by atoms with van der Waals surface area (Å²) in [5, 5.41) is 13.8. The van der Waals surface area contributed by atoms with Crippen LogP contribution in [0.4, 0.5) is 5.69 Å². The van der Waals surface area contributed by atoms with E-state index in [0.29, 0.717) is 17.9 Å². The van der Waals surface area contributed by atoms with E-state index in [-0.39, 0.29) is 22.1 Å². The maximum absolute atomic E-state index is 13.6. The Morgan fingerprint density at radius 2 is 1.72 bits per heavy atom. The number of anilines is 1. The van der Waals surface area contributed by atoms with Crippen molar-refractivity contribution < 1.29 is 27.8 Å². The first kappa shape index (κ1) is 26.6. The molecule has 0 heterocycles. The molecule has 0 atom stereocenters. The van der Waals surface area contributed by atoms with Crippen molar-refractivity contribution in [2.75, 3.05) is 24.6 Å². The molecule has 0 aliphatic rings. The number of rotatable bonds is 10. The first-order chi connectivity index (χ1) is 17.1. The maximum atomic E-state index is 13.6. The Labute approximate surface area is 211 Å². The van der Waals surface area contributed by atoms with Gasteiger partial charge in [-0.05, 0) is 74.4 Å². The summed E-state index contributed by atoms with van der Waals surface area (Å²) >= 11 is 0. The molecule has 0 saturated carbocycles. The van der Waals surface area contributed by atoms with Gasteiger partial charge in [-0.25, -0.2) is 13.8 Å². The van der Waals surface area contributed by atoms with Crippen LogP contribution >= 0.6 is 0 Å². The summed E-state index contributed by atoms with van der Waals surface area (Å²) < 4.78 is 38.9. The van der Waals surface area contributed by atoms with E-state index in [2.05, 4.69) is 10.5 Å². The Balaban J connectivity index is 1.89. The maximum Gasteiger partial charge on any atom is 0.264 e. The number of aromatic hydroxyl groups is 1. The molecule has 2 N–H and O–H groups in total. The Morgan fingerprint density at radius 1 is 1.03 bits per heavy atom. The highest BCUT2D eigenvalue weighted by Crippen LogP contribution is 2.33. The summed E-state index contributed by atoms with van der Waals surface area (Å²) in [7, 11) is -2.68. The van der Waals surface area contributed by atoms with E-state index < -0.39 is 22.5 Å². The average Bonchev–Trinajstić information content (AvgIpc) is 2.85. The number of aryl methyl sites for hydroxylation is 2. The van der Waals surface area contributed by atoms with Gasteiger partial charge in [0.2, 0.25) is 0 Å². The van der Waals surface area contributed by atoms with Crippen molar-refractivity contribution >= 4 is 27.8 Å². The van der Waals surface area contributed by atoms with E-state index in [9.17, 15) is 18.3 Å². The van der Waals surface area contributed by atoms with Crippen molar-refractivity contribution in [2.45, 2.75) is 25.7 Å². The number of phenolic OH excluding ortho intramolecular Hbond substituents is 1. The molecule has 9 nitrogen and oxygen atoms in total. The van der Waals surface area contributed by atoms with Gasteiger partial charge in [0.05, 0.1) is 30.5 Å². The van der Waals surface area contributed by atoms with Gasteiger partial charge in [0, 0.05) is 0 Å². The topological polar surface area (TPSA) is 118 Å². The standard InChI is InChI=1S/C26H29N3O6S/c1-5-35-25-15-20(9-12-23(25)30)16-27-28-26(31)17-29(22-14-19(3)8-13-24(22)34-4)36(32,33)21-10-6-18(2)7-11-21/h6-16,30H,5,17H2,1-4H3,(H,28,31)/b27-16-. The third-order valence-electron chi connectivity index (χ3n) is 5.19. The highest BCUT2D eigenvalue weighted by atomic mass is 32.2. The van der Waals surface area contributed by atoms with Gasteiger partial charge in [-0.15, -0.1) is 0 Å². The van der Waals surface area contributed by atoms with Gasteiger partial charge in [-0.3, -0.25) is 9.10 Å². The van der Waals surface area contributed by atoms with E-state index in [0.717, 1.165) is 15.4 Å². The van der Waals surface area contributed by atoms with Gasteiger partial charge in [-0.1, -0.05) is 23.8 Å². The van der Waals surface area contributed by atoms with Gasteiger partial charge >= 0.3 is 0 Å². The van der Waals surface area contributed by atoms with E-state index in [1.807, 2.05) is 13.8 Å². The number of methoxy groups -OCH3 is 1. The van der Waals surface area contributed by atoms with Crippen LogP contribution in [0, 0.1) is 13.8 Å². The molecule has 3 aromatic carbocycles. The summed E-state index contributed by atoms with van der Waals surface area (Å²) in [5.41, 5.74) is 4.87. The molecule has 0 spiro atoms. The first-order valence-electron chi connectivity index (χ1n) is 11.2. The van der Waals surface area contributed by atoms with Crippen molar-refractivity contribution in [1.29, 1.82) is 0 Å². The molecule has 3 rings (SSSR count). The number of sulfonamides is 1. The Bertz CT molecular complexity index is 1350. The number of carbonyl (C=O) groups is 1. The lowest BCUT2D eigenvalue weighted by atomic mass is 10.2. The second kappa shape index (κ2) is 11.6. The SMILES string of the molecule is CCOc1cc(/C=N\NC(=O)CN(c2cc(C)ccc2OC)S(=O)(=O)c2ccc(C)cc2)ccc1O. The number of phenols is 1. The molecule has 0 bridgehead atoms. The predicted octanol–water partition coefficient (Wildman–Crippen LogP) is 3.76. The molecule has 0 aliphatic heterocycles. The zero-order chi connectivity index (χ0) is 26.3. The number of hydrazone groups is 1. The zero-order valence-electron chi connectivity index (χ0n) is 20.6. The Kier molecular flexibility index (Phi) is 8.55. The molecule has 3 aromatic rings. The second-order valence-electron chi connectivity index (χ2n) is 7.95. The van der Waals surface area contributed by atoms with Crippen LogP contribution in [0.3, 0.4) is 0 Å². The Morgan fingerprint density at radius 3 is 2.39 bits per heavy atom. The molecule has 10 heteroatoms. The number of hydrogen-bond donors (Lipinski definition) is 2. The van der Waals surface area contributed by atoms with Gasteiger partial charge in [-0.2, -0.15) is 5.10 Å². The molecule has 0 fully saturated rings. The monoisotopic (exact) mass is 511 g/mol. The predicted molar refractivity (Wildman–Crippen MR) is 138 cm³/mol. The van der Waals surface area contributed by atoms with Crippen LogP contribution in [-0.2, 0) is 14.8 Å². The van der Waals surface area contributed by atoms with Crippen LogP contribution in [0.1, 0.15) is 23.6 Å². The number of nitrogens with one attached hydrogen (secondary N) is 1. The van der Waals surface area contributed by atoms with Crippen molar-refractivity contribution in [2.24, 2.45) is 5.10 Å². The second-order valence-corrected chi connectivity index (χ2v) is 9.82. The lowest BCUT2D eigenvalue weighted by molar-refractivity contribution is -0.119. The summed E-state index contributed by atoms with van der Waals surface area (Å²) in [6.45, 7) is 5.30. The van der Waals surface area contributed by atoms with Crippen LogP contribution in [0.25, 0.3) is 0 Å². The van der Waals surface area contributed by atoms with Gasteiger partial charge in [0.15, 0.2) is 11.5 Å². The zero-order valence-corrected chi connectivity index (χ0v) is 21.4. The van der Waals surface area contributed by atoms with Gasteiger partial charge in [0.1, 0.15) is 12.3 Å². The summed E-state index contributed by atoms with van der Waals surface area (Å²) in [6.07, 6.45) is 1.37. The van der Waals surface area contributed by atoms with Crippen LogP contribution in [0.5, 0.6) is 17.2 Å². The number of ether oxygens (including phenoxy) is 2. The van der Waals surface area contributed by atoms with Crippen LogP contribution in [0.2, 0.25) is 0 Å². The minimum absolute atomic E-state index is 0.0120. The molecular weight excluding hydrogens is 482 g/mol.